The molecule has 0 saturated carbocycles. The van der Waals surface area contributed by atoms with Gasteiger partial charge in [0.2, 0.25) is 6.79 Å². The van der Waals surface area contributed by atoms with E-state index < -0.39 is 5.97 Å². The predicted molar refractivity (Wildman–Crippen MR) is 124 cm³/mol. The average Bonchev–Trinajstić information content (AvgIpc) is 3.32. The van der Waals surface area contributed by atoms with E-state index in [4.69, 9.17) is 30.5 Å². The first-order valence-corrected chi connectivity index (χ1v) is 10.7. The second kappa shape index (κ2) is 10.3. The number of nitrogens with zero attached hydrogens (tertiary/aromatic N) is 1. The molecular weight excluding hydrogens is 446 g/mol. The van der Waals surface area contributed by atoms with Crippen molar-refractivity contribution in [2.75, 3.05) is 32.0 Å². The van der Waals surface area contributed by atoms with Crippen molar-refractivity contribution in [3.63, 3.8) is 0 Å². The van der Waals surface area contributed by atoms with Gasteiger partial charge < -0.3 is 23.8 Å². The van der Waals surface area contributed by atoms with E-state index in [0.717, 1.165) is 5.69 Å². The maximum Gasteiger partial charge on any atom is 0.337 e. The molecule has 1 aliphatic rings. The van der Waals surface area contributed by atoms with Crippen LogP contribution in [0.1, 0.15) is 27.1 Å². The molecule has 1 heterocycles. The number of amides is 1. The number of rotatable bonds is 8. The highest BCUT2D eigenvalue weighted by Crippen LogP contribution is 2.33. The van der Waals surface area contributed by atoms with E-state index in [1.54, 1.807) is 71.6 Å². The normalized spacial score (nSPS) is 11.7. The van der Waals surface area contributed by atoms with E-state index in [1.807, 2.05) is 0 Å². The van der Waals surface area contributed by atoms with E-state index in [-0.39, 0.29) is 12.7 Å². The number of methoxy groups -OCH3 is 1. The molecular formula is C25H22ClNO6. The van der Waals surface area contributed by atoms with E-state index in [9.17, 15) is 9.59 Å². The van der Waals surface area contributed by atoms with Crippen LogP contribution in [-0.2, 0) is 4.74 Å². The van der Waals surface area contributed by atoms with Crippen LogP contribution in [0.4, 0.5) is 5.69 Å². The number of hydrogen-bond donors (Lipinski definition) is 0. The highest BCUT2D eigenvalue weighted by atomic mass is 35.5. The van der Waals surface area contributed by atoms with Crippen molar-refractivity contribution in [3.8, 4) is 17.2 Å². The topological polar surface area (TPSA) is 74.3 Å². The van der Waals surface area contributed by atoms with Crippen LogP contribution in [0.25, 0.3) is 0 Å². The van der Waals surface area contributed by atoms with Gasteiger partial charge in [0, 0.05) is 22.8 Å². The summed E-state index contributed by atoms with van der Waals surface area (Å²) in [5, 5.41) is 0.591. The summed E-state index contributed by atoms with van der Waals surface area (Å²) >= 11 is 6.03. The number of halogens is 1. The Balaban J connectivity index is 1.42. The van der Waals surface area contributed by atoms with Crippen molar-refractivity contribution in [1.82, 2.24) is 0 Å². The summed E-state index contributed by atoms with van der Waals surface area (Å²) in [5.74, 6) is 1.23. The lowest BCUT2D eigenvalue weighted by Gasteiger charge is -2.23. The lowest BCUT2D eigenvalue weighted by atomic mass is 10.1. The Morgan fingerprint density at radius 1 is 0.939 bits per heavy atom. The number of anilines is 1. The van der Waals surface area contributed by atoms with Gasteiger partial charge in [0.1, 0.15) is 5.75 Å². The Hall–Kier alpha value is -3.71. The van der Waals surface area contributed by atoms with Crippen LogP contribution < -0.4 is 19.1 Å². The molecule has 0 aliphatic carbocycles. The average molecular weight is 468 g/mol. The Kier molecular flexibility index (Phi) is 7.00. The number of carbonyl (C=O) groups excluding carboxylic acids is 2. The van der Waals surface area contributed by atoms with Gasteiger partial charge in [-0.15, -0.1) is 0 Å². The van der Waals surface area contributed by atoms with Crippen molar-refractivity contribution < 1.29 is 28.5 Å². The summed E-state index contributed by atoms with van der Waals surface area (Å²) in [5.41, 5.74) is 1.67. The lowest BCUT2D eigenvalue weighted by Crippen LogP contribution is -2.32. The van der Waals surface area contributed by atoms with Gasteiger partial charge >= 0.3 is 5.97 Å². The summed E-state index contributed by atoms with van der Waals surface area (Å²) in [7, 11) is 1.34. The molecule has 0 fully saturated rings. The molecule has 1 amide bonds. The molecule has 4 rings (SSSR count). The van der Waals surface area contributed by atoms with Crippen LogP contribution in [0.2, 0.25) is 5.02 Å². The molecule has 0 N–H and O–H groups in total. The van der Waals surface area contributed by atoms with Gasteiger partial charge in [-0.2, -0.15) is 0 Å². The molecule has 0 radical (unpaired) electrons. The van der Waals surface area contributed by atoms with Crippen molar-refractivity contribution in [2.45, 2.75) is 6.42 Å². The number of esters is 1. The summed E-state index contributed by atoms with van der Waals surface area (Å²) in [6.45, 7) is 0.955. The number of fused-ring (bicyclic) bond motifs is 1. The molecule has 1 aliphatic heterocycles. The van der Waals surface area contributed by atoms with E-state index in [1.165, 1.54) is 7.11 Å². The maximum absolute atomic E-state index is 13.3. The van der Waals surface area contributed by atoms with Gasteiger partial charge in [-0.3, -0.25) is 4.79 Å². The Bertz CT molecular complexity index is 1130. The molecule has 0 aromatic heterocycles. The molecule has 0 bridgehead atoms. The van der Waals surface area contributed by atoms with Gasteiger partial charge in [-0.25, -0.2) is 4.79 Å². The monoisotopic (exact) mass is 467 g/mol. The van der Waals surface area contributed by atoms with Crippen molar-refractivity contribution in [3.05, 3.63) is 82.9 Å². The fourth-order valence-corrected chi connectivity index (χ4v) is 3.50. The largest absolute Gasteiger partial charge is 0.494 e. The zero-order valence-electron chi connectivity index (χ0n) is 18.0. The van der Waals surface area contributed by atoms with Crippen LogP contribution in [0.3, 0.4) is 0 Å². The van der Waals surface area contributed by atoms with E-state index >= 15 is 0 Å². The Morgan fingerprint density at radius 3 is 2.36 bits per heavy atom. The van der Waals surface area contributed by atoms with Gasteiger partial charge in [-0.1, -0.05) is 11.6 Å². The minimum Gasteiger partial charge on any atom is -0.494 e. The molecule has 170 valence electrons. The standard InChI is InChI=1S/C25H22ClNO6/c1-30-25(29)17-3-10-21(11-4-17)31-14-2-13-27(20-8-6-19(26)7-9-20)24(28)18-5-12-22-23(15-18)33-16-32-22/h3-12,15H,2,13-14,16H2,1H3. The number of benzene rings is 3. The Labute approximate surface area is 196 Å². The zero-order valence-corrected chi connectivity index (χ0v) is 18.7. The first kappa shape index (κ1) is 22.5. The lowest BCUT2D eigenvalue weighted by molar-refractivity contribution is 0.0600. The second-order valence-corrected chi connectivity index (χ2v) is 7.66. The van der Waals surface area contributed by atoms with E-state index in [2.05, 4.69) is 0 Å². The second-order valence-electron chi connectivity index (χ2n) is 7.22. The molecule has 3 aromatic rings. The first-order valence-electron chi connectivity index (χ1n) is 10.3. The van der Waals surface area contributed by atoms with Crippen molar-refractivity contribution in [1.29, 1.82) is 0 Å². The molecule has 33 heavy (non-hydrogen) atoms. The van der Waals surface area contributed by atoms with Gasteiger partial charge in [0.15, 0.2) is 11.5 Å². The first-order chi connectivity index (χ1) is 16.0. The third-order valence-electron chi connectivity index (χ3n) is 5.07. The fourth-order valence-electron chi connectivity index (χ4n) is 3.37. The third kappa shape index (κ3) is 5.38. The minimum absolute atomic E-state index is 0.145. The van der Waals surface area contributed by atoms with Crippen molar-refractivity contribution >= 4 is 29.2 Å². The molecule has 0 spiro atoms. The third-order valence-corrected chi connectivity index (χ3v) is 5.33. The zero-order chi connectivity index (χ0) is 23.2. The van der Waals surface area contributed by atoms with Crippen LogP contribution in [-0.4, -0.2) is 38.9 Å². The quantitative estimate of drug-likeness (QED) is 0.344. The van der Waals surface area contributed by atoms with Gasteiger partial charge in [0.25, 0.3) is 5.91 Å². The molecule has 3 aromatic carbocycles. The molecule has 0 atom stereocenters. The fraction of sp³-hybridized carbons (Fsp3) is 0.200. The number of carbonyl (C=O) groups is 2. The summed E-state index contributed by atoms with van der Waals surface area (Å²) in [6.07, 6.45) is 0.581. The smallest absolute Gasteiger partial charge is 0.337 e. The number of ether oxygens (including phenoxy) is 4. The summed E-state index contributed by atoms with van der Waals surface area (Å²) in [6, 6.07) is 18.9. The van der Waals surface area contributed by atoms with Crippen LogP contribution >= 0.6 is 11.6 Å². The summed E-state index contributed by atoms with van der Waals surface area (Å²) in [4.78, 5) is 26.5. The number of hydrogen-bond acceptors (Lipinski definition) is 6. The van der Waals surface area contributed by atoms with Crippen LogP contribution in [0, 0.1) is 0 Å². The Morgan fingerprint density at radius 2 is 1.64 bits per heavy atom. The van der Waals surface area contributed by atoms with E-state index in [0.29, 0.717) is 53.0 Å². The highest BCUT2D eigenvalue weighted by molar-refractivity contribution is 6.30. The minimum atomic E-state index is -0.401. The van der Waals surface area contributed by atoms with Gasteiger partial charge in [0.05, 0.1) is 19.3 Å². The van der Waals surface area contributed by atoms with Crippen molar-refractivity contribution in [2.24, 2.45) is 0 Å². The maximum atomic E-state index is 13.3. The van der Waals surface area contributed by atoms with Crippen LogP contribution in [0.5, 0.6) is 17.2 Å². The van der Waals surface area contributed by atoms with Crippen LogP contribution in [0.15, 0.2) is 66.7 Å². The molecule has 8 heteroatoms. The predicted octanol–water partition coefficient (Wildman–Crippen LogP) is 4.97. The summed E-state index contributed by atoms with van der Waals surface area (Å²) < 4.78 is 21.2. The molecule has 7 nitrogen and oxygen atoms in total. The highest BCUT2D eigenvalue weighted by Gasteiger charge is 2.21. The molecule has 0 saturated heterocycles. The molecule has 0 unspecified atom stereocenters. The van der Waals surface area contributed by atoms with Gasteiger partial charge in [-0.05, 0) is 73.2 Å². The SMILES string of the molecule is COC(=O)c1ccc(OCCCN(C(=O)c2ccc3c(c2)OCO3)c2ccc(Cl)cc2)cc1.